The molecule has 15 nitrogen and oxygen atoms in total. The van der Waals surface area contributed by atoms with E-state index < -0.39 is 112 Å². The molecule has 11 atom stereocenters. The number of ether oxygens (including phenoxy) is 5. The molecule has 58 heavy (non-hydrogen) atoms. The molecule has 0 unspecified atom stereocenters. The van der Waals surface area contributed by atoms with E-state index in [2.05, 4.69) is 5.32 Å². The van der Waals surface area contributed by atoms with Crippen LogP contribution in [-0.4, -0.2) is 110 Å². The van der Waals surface area contributed by atoms with E-state index in [1.807, 2.05) is 0 Å². The van der Waals surface area contributed by atoms with E-state index in [4.69, 9.17) is 23.7 Å². The highest BCUT2D eigenvalue weighted by molar-refractivity contribution is 5.94. The van der Waals surface area contributed by atoms with Gasteiger partial charge in [-0.3, -0.25) is 9.59 Å². The number of aliphatic hydroxyl groups excluding tert-OH is 3. The lowest BCUT2D eigenvalue weighted by Gasteiger charge is -2.67. The van der Waals surface area contributed by atoms with Gasteiger partial charge >= 0.3 is 24.0 Å². The fourth-order valence-electron chi connectivity index (χ4n) is 9.56. The molecular weight excluding hydrogens is 754 g/mol. The number of carbonyl (C=O) groups is 5. The number of fused-ring (bicyclic) bond motifs is 5. The van der Waals surface area contributed by atoms with Crippen LogP contribution in [0.15, 0.2) is 71.8 Å². The van der Waals surface area contributed by atoms with Crippen molar-refractivity contribution in [3.05, 3.63) is 82.9 Å². The molecule has 0 aromatic heterocycles. The van der Waals surface area contributed by atoms with Gasteiger partial charge in [0.15, 0.2) is 17.5 Å². The van der Waals surface area contributed by atoms with E-state index in [0.717, 1.165) is 6.92 Å². The van der Waals surface area contributed by atoms with Crippen LogP contribution >= 0.6 is 0 Å². The van der Waals surface area contributed by atoms with Crippen LogP contribution in [0.3, 0.4) is 0 Å². The molecule has 15 heteroatoms. The quantitative estimate of drug-likeness (QED) is 0.147. The summed E-state index contributed by atoms with van der Waals surface area (Å²) in [5.41, 5.74) is -8.14. The third-order valence-corrected chi connectivity index (χ3v) is 12.6. The molecule has 2 aromatic carbocycles. The number of carbonyl (C=O) groups excluding carboxylic acids is 5. The Balaban J connectivity index is 1.49. The summed E-state index contributed by atoms with van der Waals surface area (Å²) in [6.07, 6.45) is -11.5. The predicted octanol–water partition coefficient (Wildman–Crippen LogP) is 3.26. The van der Waals surface area contributed by atoms with Gasteiger partial charge in [-0.05, 0) is 63.5 Å². The van der Waals surface area contributed by atoms with Gasteiger partial charge in [0.05, 0.1) is 35.6 Å². The van der Waals surface area contributed by atoms with E-state index in [1.165, 1.54) is 26.0 Å². The monoisotopic (exact) mass is 807 g/mol. The number of alkyl carbamates (subject to hydrolysis) is 1. The van der Waals surface area contributed by atoms with Crippen molar-refractivity contribution in [1.29, 1.82) is 0 Å². The summed E-state index contributed by atoms with van der Waals surface area (Å²) < 4.78 is 29.5. The zero-order valence-corrected chi connectivity index (χ0v) is 33.9. The maximum Gasteiger partial charge on any atom is 0.408 e. The summed E-state index contributed by atoms with van der Waals surface area (Å²) >= 11 is 0. The van der Waals surface area contributed by atoms with Gasteiger partial charge in [-0.25, -0.2) is 14.4 Å². The van der Waals surface area contributed by atoms with Gasteiger partial charge in [0.1, 0.15) is 35.6 Å². The highest BCUT2D eigenvalue weighted by Crippen LogP contribution is 2.64. The second-order valence-electron chi connectivity index (χ2n) is 17.6. The molecule has 2 bridgehead atoms. The standard InChI is InChI=1S/C43H53NO14/c1-22-26(55-37(51)32(48)30(24-15-11-9-12-16-24)44-38(52)58-39(3,4)5)20-43(53)35(56-36(50)25-17-13-10-14-18-25)33-41(8,34(49)31(47)29(22)40(43,6)7)27(46)19-28-42(33,21-54-28)57-23(2)45/h9-18,26-28,30-33,35,46-48,53H,19-21H2,1-8H3,(H,44,52)/t26-,27-,28+,30-,31-,32+,33-,35-,41+,42-,43-/m0/s1. The Hall–Kier alpha value is -4.67. The molecule has 1 saturated heterocycles. The summed E-state index contributed by atoms with van der Waals surface area (Å²) in [6, 6.07) is 14.6. The van der Waals surface area contributed by atoms with Gasteiger partial charge in [0.2, 0.25) is 0 Å². The maximum atomic E-state index is 14.9. The highest BCUT2D eigenvalue weighted by Gasteiger charge is 2.78. The lowest BCUT2D eigenvalue weighted by atomic mass is 9.44. The van der Waals surface area contributed by atoms with Gasteiger partial charge in [0.25, 0.3) is 0 Å². The van der Waals surface area contributed by atoms with E-state index in [9.17, 15) is 44.4 Å². The molecule has 0 radical (unpaired) electrons. The van der Waals surface area contributed by atoms with E-state index in [-0.39, 0.29) is 29.7 Å². The first-order chi connectivity index (χ1) is 27.0. The number of hydrogen-bond acceptors (Lipinski definition) is 14. The second kappa shape index (κ2) is 15.2. The average molecular weight is 808 g/mol. The molecule has 1 aliphatic heterocycles. The van der Waals surface area contributed by atoms with Crippen LogP contribution in [0, 0.1) is 16.7 Å². The zero-order chi connectivity index (χ0) is 42.7. The van der Waals surface area contributed by atoms with Crippen LogP contribution in [0.2, 0.25) is 0 Å². The minimum atomic E-state index is -2.35. The molecule has 0 spiro atoms. The number of amides is 1. The van der Waals surface area contributed by atoms with E-state index in [0.29, 0.717) is 5.56 Å². The minimum absolute atomic E-state index is 0.0637. The lowest BCUT2D eigenvalue weighted by Crippen LogP contribution is -2.81. The Bertz CT molecular complexity index is 1980. The van der Waals surface area contributed by atoms with Crippen molar-refractivity contribution < 1.29 is 68.1 Å². The molecule has 1 heterocycles. The largest absolute Gasteiger partial charge is 0.456 e. The van der Waals surface area contributed by atoms with Gasteiger partial charge in [-0.2, -0.15) is 0 Å². The molecule has 2 saturated carbocycles. The summed E-state index contributed by atoms with van der Waals surface area (Å²) in [5, 5.41) is 51.6. The molecule has 2 aromatic rings. The molecule has 4 aliphatic rings. The molecule has 6 rings (SSSR count). The molecule has 5 N–H and O–H groups in total. The third kappa shape index (κ3) is 7.10. The van der Waals surface area contributed by atoms with Crippen molar-refractivity contribution in [2.75, 3.05) is 6.61 Å². The van der Waals surface area contributed by atoms with Crippen molar-refractivity contribution in [2.24, 2.45) is 16.7 Å². The van der Waals surface area contributed by atoms with Crippen LogP contribution in [0.5, 0.6) is 0 Å². The van der Waals surface area contributed by atoms with Crippen molar-refractivity contribution in [3.63, 3.8) is 0 Å². The van der Waals surface area contributed by atoms with Crippen molar-refractivity contribution in [3.8, 4) is 0 Å². The first-order valence-corrected chi connectivity index (χ1v) is 19.3. The fourth-order valence-corrected chi connectivity index (χ4v) is 9.56. The smallest absolute Gasteiger partial charge is 0.408 e. The Kier molecular flexibility index (Phi) is 11.2. The number of Topliss-reactive ketones (excluding diaryl/α,β-unsaturated/α-hetero) is 1. The molecular formula is C43H53NO14. The van der Waals surface area contributed by atoms with Crippen molar-refractivity contribution in [2.45, 2.75) is 128 Å². The summed E-state index contributed by atoms with van der Waals surface area (Å²) in [7, 11) is 0. The van der Waals surface area contributed by atoms with Crippen LogP contribution in [0.1, 0.15) is 90.2 Å². The Morgan fingerprint density at radius 1 is 0.948 bits per heavy atom. The SMILES string of the molecule is CC(=O)O[C@@]12CO[C@@H]1C[C@H](O)[C@@]1(C)C(=O)[C@@H](O)C3=C(C)[C@@H](OC(=O)[C@H](O)[C@@H](NC(=O)OC(C)(C)C)c4ccccc4)C[C@](O)([C@@H](OC(=O)c4ccccc4)[C@H]21)C3(C)C. The second-order valence-corrected chi connectivity index (χ2v) is 17.6. The van der Waals surface area contributed by atoms with E-state index >= 15 is 0 Å². The minimum Gasteiger partial charge on any atom is -0.456 e. The Morgan fingerprint density at radius 3 is 2.10 bits per heavy atom. The van der Waals surface area contributed by atoms with Crippen LogP contribution in [-0.2, 0) is 38.1 Å². The van der Waals surface area contributed by atoms with E-state index in [1.54, 1.807) is 83.1 Å². The Labute approximate surface area is 336 Å². The van der Waals surface area contributed by atoms with Crippen molar-refractivity contribution >= 4 is 29.8 Å². The van der Waals surface area contributed by atoms with Gasteiger partial charge < -0.3 is 49.4 Å². The number of aliphatic hydroxyl groups is 4. The summed E-state index contributed by atoms with van der Waals surface area (Å²) in [4.78, 5) is 68.9. The molecule has 314 valence electrons. The number of hydrogen-bond donors (Lipinski definition) is 5. The first-order valence-electron chi connectivity index (χ1n) is 19.3. The number of nitrogens with one attached hydrogen (secondary N) is 1. The predicted molar refractivity (Wildman–Crippen MR) is 204 cm³/mol. The first kappa shape index (κ1) is 42.9. The topological polar surface area (TPSA) is 224 Å². The van der Waals surface area contributed by atoms with Crippen molar-refractivity contribution in [1.82, 2.24) is 5.32 Å². The number of rotatable bonds is 8. The Morgan fingerprint density at radius 2 is 1.55 bits per heavy atom. The number of esters is 3. The molecule has 1 amide bonds. The van der Waals surface area contributed by atoms with Gasteiger partial charge in [0, 0.05) is 25.2 Å². The maximum absolute atomic E-state index is 14.9. The summed E-state index contributed by atoms with van der Waals surface area (Å²) in [5.74, 6) is -5.36. The van der Waals surface area contributed by atoms with Crippen LogP contribution in [0.25, 0.3) is 0 Å². The normalized spacial score (nSPS) is 33.7. The van der Waals surface area contributed by atoms with Gasteiger partial charge in [-0.1, -0.05) is 62.4 Å². The van der Waals surface area contributed by atoms with Crippen LogP contribution < -0.4 is 5.32 Å². The highest BCUT2D eigenvalue weighted by atomic mass is 16.6. The summed E-state index contributed by atoms with van der Waals surface area (Å²) in [6.45, 7) is 11.8. The number of benzene rings is 2. The average Bonchev–Trinajstić information content (AvgIpc) is 3.14. The molecule has 3 fully saturated rings. The number of ketones is 1. The van der Waals surface area contributed by atoms with Crippen LogP contribution in [0.4, 0.5) is 4.79 Å². The zero-order valence-electron chi connectivity index (χ0n) is 33.9. The molecule has 3 aliphatic carbocycles. The fraction of sp³-hybridized carbons (Fsp3) is 0.558. The lowest BCUT2D eigenvalue weighted by molar-refractivity contribution is -0.346. The third-order valence-electron chi connectivity index (χ3n) is 12.6. The van der Waals surface area contributed by atoms with Gasteiger partial charge in [-0.15, -0.1) is 0 Å².